The smallest absolute Gasteiger partial charge is 0.313 e. The van der Waals surface area contributed by atoms with Crippen molar-refractivity contribution in [3.63, 3.8) is 0 Å². The van der Waals surface area contributed by atoms with Crippen molar-refractivity contribution < 1.29 is 29.0 Å². The van der Waals surface area contributed by atoms with Gasteiger partial charge >= 0.3 is 5.97 Å². The predicted molar refractivity (Wildman–Crippen MR) is 142 cm³/mol. The van der Waals surface area contributed by atoms with Crippen molar-refractivity contribution in [2.45, 2.75) is 108 Å². The maximum atomic E-state index is 14.6. The first kappa shape index (κ1) is 27.4. The van der Waals surface area contributed by atoms with E-state index in [-0.39, 0.29) is 37.0 Å². The summed E-state index contributed by atoms with van der Waals surface area (Å²) in [7, 11) is 0. The van der Waals surface area contributed by atoms with E-state index >= 15 is 0 Å². The van der Waals surface area contributed by atoms with Crippen LogP contribution in [0.15, 0.2) is 24.3 Å². The molecule has 7 atom stereocenters. The minimum atomic E-state index is -1.30. The molecule has 1 spiro atoms. The number of cyclic esters (lactones) is 1. The molecule has 210 valence electrons. The number of rotatable bonds is 6. The zero-order valence-corrected chi connectivity index (χ0v) is 23.1. The van der Waals surface area contributed by atoms with Crippen LogP contribution in [-0.2, 0) is 23.9 Å². The summed E-state index contributed by atoms with van der Waals surface area (Å²) >= 11 is 0. The second-order valence-electron chi connectivity index (χ2n) is 11.9. The summed E-state index contributed by atoms with van der Waals surface area (Å²) < 4.78 is 12.7. The SMILES string of the molecule is CC[C@H](C)[C@H](CO)N1C(=O)[C@@H]2[C@H]3C(=O)OCCC/C=C\[C@@]3(CC)O[C@@]23C=CCN(C2CCCCC2)C(=O)C13. The number of esters is 1. The van der Waals surface area contributed by atoms with Crippen LogP contribution in [-0.4, -0.2) is 81.8 Å². The Kier molecular flexibility index (Phi) is 7.75. The van der Waals surface area contributed by atoms with Crippen molar-refractivity contribution in [2.75, 3.05) is 19.8 Å². The number of carbonyl (C=O) groups excluding carboxylic acids is 3. The van der Waals surface area contributed by atoms with E-state index in [1.807, 2.05) is 50.0 Å². The van der Waals surface area contributed by atoms with Gasteiger partial charge in [-0.1, -0.05) is 70.8 Å². The number of aliphatic hydroxyl groups excluding tert-OH is 1. The van der Waals surface area contributed by atoms with Crippen LogP contribution in [0.3, 0.4) is 0 Å². The van der Waals surface area contributed by atoms with Gasteiger partial charge in [0.1, 0.15) is 23.2 Å². The maximum absolute atomic E-state index is 14.6. The van der Waals surface area contributed by atoms with Gasteiger partial charge in [-0.2, -0.15) is 0 Å². The third kappa shape index (κ3) is 4.14. The highest BCUT2D eigenvalue weighted by atomic mass is 16.6. The third-order valence-corrected chi connectivity index (χ3v) is 9.96. The molecule has 1 saturated carbocycles. The average Bonchev–Trinajstić information content (AvgIpc) is 3.31. The van der Waals surface area contributed by atoms with Gasteiger partial charge in [-0.25, -0.2) is 0 Å². The second kappa shape index (κ2) is 10.8. The highest BCUT2D eigenvalue weighted by Gasteiger charge is 2.76. The van der Waals surface area contributed by atoms with E-state index in [2.05, 4.69) is 0 Å². The lowest BCUT2D eigenvalue weighted by Gasteiger charge is -2.43. The Balaban J connectivity index is 1.67. The van der Waals surface area contributed by atoms with E-state index in [4.69, 9.17) is 9.47 Å². The Morgan fingerprint density at radius 1 is 1.03 bits per heavy atom. The zero-order chi connectivity index (χ0) is 27.1. The molecule has 0 aromatic carbocycles. The molecule has 8 heteroatoms. The zero-order valence-electron chi connectivity index (χ0n) is 23.1. The summed E-state index contributed by atoms with van der Waals surface area (Å²) in [6.07, 6.45) is 15.8. The monoisotopic (exact) mass is 528 g/mol. The van der Waals surface area contributed by atoms with E-state index in [0.29, 0.717) is 19.4 Å². The van der Waals surface area contributed by atoms with Gasteiger partial charge < -0.3 is 24.4 Å². The van der Waals surface area contributed by atoms with Crippen LogP contribution in [0.4, 0.5) is 0 Å². The molecular weight excluding hydrogens is 484 g/mol. The van der Waals surface area contributed by atoms with Crippen molar-refractivity contribution in [1.82, 2.24) is 9.80 Å². The number of aliphatic hydroxyl groups is 1. The number of fused-ring (bicyclic) bond motifs is 2. The quantitative estimate of drug-likeness (QED) is 0.420. The fourth-order valence-corrected chi connectivity index (χ4v) is 7.72. The second-order valence-corrected chi connectivity index (χ2v) is 11.9. The molecule has 0 aromatic rings. The van der Waals surface area contributed by atoms with Gasteiger partial charge in [-0.05, 0) is 38.0 Å². The summed E-state index contributed by atoms with van der Waals surface area (Å²) in [5.74, 6) is -2.65. The summed E-state index contributed by atoms with van der Waals surface area (Å²) in [5, 5.41) is 10.5. The Labute approximate surface area is 226 Å². The molecule has 0 radical (unpaired) electrons. The number of carbonyl (C=O) groups is 3. The van der Waals surface area contributed by atoms with Crippen LogP contribution in [0.5, 0.6) is 0 Å². The average molecular weight is 529 g/mol. The van der Waals surface area contributed by atoms with Gasteiger partial charge in [0.2, 0.25) is 11.8 Å². The highest BCUT2D eigenvalue weighted by molar-refractivity contribution is 5.99. The Morgan fingerprint density at radius 3 is 2.47 bits per heavy atom. The number of hydrogen-bond donors (Lipinski definition) is 1. The molecule has 0 bridgehead atoms. The van der Waals surface area contributed by atoms with Gasteiger partial charge in [0, 0.05) is 12.6 Å². The Morgan fingerprint density at radius 2 is 1.79 bits per heavy atom. The molecule has 2 amide bonds. The molecule has 0 aromatic heterocycles. The van der Waals surface area contributed by atoms with Crippen molar-refractivity contribution >= 4 is 17.8 Å². The molecule has 4 heterocycles. The van der Waals surface area contributed by atoms with Gasteiger partial charge in [0.05, 0.1) is 25.2 Å². The summed E-state index contributed by atoms with van der Waals surface area (Å²) in [5.41, 5.74) is -2.34. The number of hydrogen-bond acceptors (Lipinski definition) is 6. The lowest BCUT2D eigenvalue weighted by molar-refractivity contribution is -0.164. The standard InChI is InChI=1S/C30H44N2O6/c1-4-20(3)22(19-33)32-25-27(35)31(21-13-8-6-9-14-21)17-12-16-30(25)23(26(32)34)24-28(36)37-18-11-7-10-15-29(24,5-2)38-30/h10,12,15-16,20-25,33H,4-9,11,13-14,17-19H2,1-3H3/b15-10-/t20-,22-,23-,24-,25?,29+,30-/m0/s1. The minimum Gasteiger partial charge on any atom is -0.465 e. The largest absolute Gasteiger partial charge is 0.465 e. The van der Waals surface area contributed by atoms with E-state index < -0.39 is 41.1 Å². The minimum absolute atomic E-state index is 0.0358. The summed E-state index contributed by atoms with van der Waals surface area (Å²) in [4.78, 5) is 46.4. The fraction of sp³-hybridized carbons (Fsp3) is 0.767. The normalized spacial score (nSPS) is 38.3. The molecule has 1 aliphatic carbocycles. The number of amides is 2. The maximum Gasteiger partial charge on any atom is 0.313 e. The fourth-order valence-electron chi connectivity index (χ4n) is 7.72. The van der Waals surface area contributed by atoms with Crippen LogP contribution in [0, 0.1) is 17.8 Å². The van der Waals surface area contributed by atoms with Crippen molar-refractivity contribution in [3.8, 4) is 0 Å². The van der Waals surface area contributed by atoms with Gasteiger partial charge in [-0.15, -0.1) is 0 Å². The Bertz CT molecular complexity index is 989. The number of allylic oxidation sites excluding steroid dienone is 1. The van der Waals surface area contributed by atoms with E-state index in [1.165, 1.54) is 6.42 Å². The number of likely N-dealkylation sites (tertiary alicyclic amines) is 1. The summed E-state index contributed by atoms with van der Waals surface area (Å²) in [6.45, 7) is 6.47. The van der Waals surface area contributed by atoms with Gasteiger partial charge in [-0.3, -0.25) is 14.4 Å². The molecular formula is C30H44N2O6. The van der Waals surface area contributed by atoms with Crippen LogP contribution in [0.2, 0.25) is 0 Å². The molecule has 5 rings (SSSR count). The van der Waals surface area contributed by atoms with Crippen molar-refractivity contribution in [2.24, 2.45) is 17.8 Å². The van der Waals surface area contributed by atoms with Crippen LogP contribution >= 0.6 is 0 Å². The molecule has 5 aliphatic rings. The topological polar surface area (TPSA) is 96.4 Å². The molecule has 1 unspecified atom stereocenters. The number of ether oxygens (including phenoxy) is 2. The van der Waals surface area contributed by atoms with Gasteiger partial charge in [0.15, 0.2) is 0 Å². The first-order valence-electron chi connectivity index (χ1n) is 14.8. The van der Waals surface area contributed by atoms with Crippen molar-refractivity contribution in [3.05, 3.63) is 24.3 Å². The third-order valence-electron chi connectivity index (χ3n) is 9.96. The van der Waals surface area contributed by atoms with E-state index in [0.717, 1.165) is 38.5 Å². The molecule has 4 aliphatic heterocycles. The van der Waals surface area contributed by atoms with Crippen LogP contribution in [0.25, 0.3) is 0 Å². The molecule has 38 heavy (non-hydrogen) atoms. The van der Waals surface area contributed by atoms with E-state index in [9.17, 15) is 19.5 Å². The van der Waals surface area contributed by atoms with Crippen molar-refractivity contribution in [1.29, 1.82) is 0 Å². The highest BCUT2D eigenvalue weighted by Crippen LogP contribution is 2.59. The predicted octanol–water partition coefficient (Wildman–Crippen LogP) is 3.38. The molecule has 2 saturated heterocycles. The number of nitrogens with zero attached hydrogens (tertiary/aromatic N) is 2. The Hall–Kier alpha value is -2.19. The van der Waals surface area contributed by atoms with E-state index in [1.54, 1.807) is 4.90 Å². The van der Waals surface area contributed by atoms with Gasteiger partial charge in [0.25, 0.3) is 0 Å². The summed E-state index contributed by atoms with van der Waals surface area (Å²) in [6, 6.07) is -1.37. The first-order valence-corrected chi connectivity index (χ1v) is 14.8. The molecule has 1 N–H and O–H groups in total. The van der Waals surface area contributed by atoms with Crippen LogP contribution in [0.1, 0.15) is 78.6 Å². The van der Waals surface area contributed by atoms with Crippen LogP contribution < -0.4 is 0 Å². The first-order chi connectivity index (χ1) is 18.3. The lowest BCUT2D eigenvalue weighted by atomic mass is 9.73. The molecule has 3 fully saturated rings. The molecule has 8 nitrogen and oxygen atoms in total. The lowest BCUT2D eigenvalue weighted by Crippen LogP contribution is -2.61.